The number of hydrogen-bond acceptors (Lipinski definition) is 8. The van der Waals surface area contributed by atoms with Crippen molar-refractivity contribution in [1.82, 2.24) is 0 Å². The van der Waals surface area contributed by atoms with Gasteiger partial charge in [0.15, 0.2) is 0 Å². The topological polar surface area (TPSA) is 27.7 Å². The Kier molecular flexibility index (Phi) is 12.4. The van der Waals surface area contributed by atoms with Crippen LogP contribution in [0, 0.1) is 0 Å². The zero-order valence-corrected chi connectivity index (χ0v) is 9.35. The standard InChI is InChI=1S/C2H6O3S5/c1-3-7-9-5-10-8-4-6-2/h1-2H3. The van der Waals surface area contributed by atoms with E-state index in [2.05, 4.69) is 4.18 Å². The predicted molar refractivity (Wildman–Crippen MR) is 53.1 cm³/mol. The monoisotopic (exact) mass is 238 g/mol. The van der Waals surface area contributed by atoms with E-state index in [9.17, 15) is 0 Å². The Balaban J connectivity index is 2.65. The molecule has 0 aliphatic carbocycles. The Morgan fingerprint density at radius 1 is 0.900 bits per heavy atom. The van der Waals surface area contributed by atoms with E-state index in [4.69, 9.17) is 7.26 Å². The van der Waals surface area contributed by atoms with Crippen LogP contribution in [0.15, 0.2) is 0 Å². The fourth-order valence-electron chi connectivity index (χ4n) is 0.101. The van der Waals surface area contributed by atoms with Gasteiger partial charge in [0.2, 0.25) is 0 Å². The molecular weight excluding hydrogens is 232 g/mol. The maximum atomic E-state index is 4.87. The van der Waals surface area contributed by atoms with E-state index in [1.165, 1.54) is 23.1 Å². The molecular formula is C2H6O3S5. The summed E-state index contributed by atoms with van der Waals surface area (Å²) in [6, 6.07) is 0. The molecule has 0 rings (SSSR count). The molecule has 0 aliphatic heterocycles. The molecule has 0 saturated carbocycles. The van der Waals surface area contributed by atoms with Crippen molar-refractivity contribution in [3.05, 3.63) is 0 Å². The smallest absolute Gasteiger partial charge is 0.110 e. The normalized spacial score (nSPS) is 10.2. The lowest BCUT2D eigenvalue weighted by molar-refractivity contribution is 0.497. The predicted octanol–water partition coefficient (Wildman–Crippen LogP) is 3.37. The highest BCUT2D eigenvalue weighted by Gasteiger charge is 1.92. The first-order valence-corrected chi connectivity index (χ1v) is 7.13. The maximum Gasteiger partial charge on any atom is 0.110 e. The van der Waals surface area contributed by atoms with Crippen LogP contribution in [0.25, 0.3) is 0 Å². The Morgan fingerprint density at radius 2 is 1.50 bits per heavy atom. The van der Waals surface area contributed by atoms with Gasteiger partial charge in [-0.1, -0.05) is 0 Å². The first kappa shape index (κ1) is 11.6. The Hall–Kier alpha value is 1.63. The molecule has 0 atom stereocenters. The van der Waals surface area contributed by atoms with Gasteiger partial charge < -0.3 is 4.18 Å². The van der Waals surface area contributed by atoms with Crippen molar-refractivity contribution in [2.75, 3.05) is 13.4 Å². The van der Waals surface area contributed by atoms with Crippen LogP contribution in [0.2, 0.25) is 0 Å². The summed E-state index contributed by atoms with van der Waals surface area (Å²) in [5, 5.41) is 0. The molecule has 0 bridgehead atoms. The van der Waals surface area contributed by atoms with Gasteiger partial charge in [0.05, 0.1) is 18.2 Å². The summed E-state index contributed by atoms with van der Waals surface area (Å²) in [6.07, 6.45) is 1.84. The summed E-state index contributed by atoms with van der Waals surface area (Å²) in [4.78, 5) is 0. The Bertz CT molecular complexity index is 54.9. The molecule has 8 heteroatoms. The van der Waals surface area contributed by atoms with Crippen molar-refractivity contribution in [2.45, 2.75) is 0 Å². The average Bonchev–Trinajstić information content (AvgIpc) is 1.97. The van der Waals surface area contributed by atoms with Crippen LogP contribution in [-0.2, 0) is 11.4 Å². The minimum Gasteiger partial charge on any atom is -0.307 e. The minimum absolute atomic E-state index is 1.15. The van der Waals surface area contributed by atoms with Crippen LogP contribution in [-0.4, -0.2) is 13.4 Å². The zero-order chi connectivity index (χ0) is 7.66. The summed E-state index contributed by atoms with van der Waals surface area (Å²) in [5.74, 6) is 0. The van der Waals surface area contributed by atoms with Crippen LogP contribution in [0.4, 0.5) is 0 Å². The lowest BCUT2D eigenvalue weighted by Gasteiger charge is -1.95. The van der Waals surface area contributed by atoms with E-state index in [-0.39, 0.29) is 0 Å². The third kappa shape index (κ3) is 9.63. The first-order valence-electron chi connectivity index (χ1n) is 1.98. The second kappa shape index (κ2) is 10.6. The molecule has 3 nitrogen and oxygen atoms in total. The van der Waals surface area contributed by atoms with Crippen molar-refractivity contribution < 1.29 is 11.4 Å². The molecule has 0 N–H and O–H groups in total. The van der Waals surface area contributed by atoms with E-state index in [1.54, 1.807) is 7.11 Å². The van der Waals surface area contributed by atoms with E-state index < -0.39 is 0 Å². The molecule has 0 saturated heterocycles. The molecule has 0 aliphatic rings. The SMILES string of the molecule is COSSOSSOSC. The van der Waals surface area contributed by atoms with Gasteiger partial charge in [0.25, 0.3) is 0 Å². The quantitative estimate of drug-likeness (QED) is 0.379. The molecule has 0 spiro atoms. The third-order valence-corrected chi connectivity index (χ3v) is 3.97. The fourth-order valence-corrected chi connectivity index (χ4v) is 2.84. The van der Waals surface area contributed by atoms with Gasteiger partial charge in [0, 0.05) is 18.3 Å². The van der Waals surface area contributed by atoms with E-state index in [0.717, 1.165) is 33.2 Å². The van der Waals surface area contributed by atoms with Crippen LogP contribution in [0.1, 0.15) is 0 Å². The van der Waals surface area contributed by atoms with Crippen molar-refractivity contribution >= 4 is 56.3 Å². The van der Waals surface area contributed by atoms with Gasteiger partial charge >= 0.3 is 0 Å². The molecule has 0 heterocycles. The molecule has 0 unspecified atom stereocenters. The lowest BCUT2D eigenvalue weighted by Crippen LogP contribution is -1.60. The highest BCUT2D eigenvalue weighted by Crippen LogP contribution is 2.35. The Morgan fingerprint density at radius 3 is 2.10 bits per heavy atom. The average molecular weight is 238 g/mol. The van der Waals surface area contributed by atoms with Gasteiger partial charge in [-0.3, -0.25) is 0 Å². The molecule has 0 aromatic rings. The van der Waals surface area contributed by atoms with E-state index in [1.807, 2.05) is 6.26 Å². The second-order valence-corrected chi connectivity index (χ2v) is 4.67. The summed E-state index contributed by atoms with van der Waals surface area (Å²) < 4.78 is 14.3. The summed E-state index contributed by atoms with van der Waals surface area (Å²) in [5.41, 5.74) is 0. The maximum absolute atomic E-state index is 4.87. The molecule has 10 heavy (non-hydrogen) atoms. The Labute approximate surface area is 80.9 Å². The zero-order valence-electron chi connectivity index (χ0n) is 5.27. The van der Waals surface area contributed by atoms with Gasteiger partial charge in [-0.15, -0.1) is 0 Å². The minimum atomic E-state index is 1.15. The van der Waals surface area contributed by atoms with Crippen molar-refractivity contribution in [3.8, 4) is 0 Å². The highest BCUT2D eigenvalue weighted by atomic mass is 33.2. The van der Waals surface area contributed by atoms with Crippen LogP contribution < -0.4 is 0 Å². The molecule has 62 valence electrons. The summed E-state index contributed by atoms with van der Waals surface area (Å²) >= 11 is 5.92. The molecule has 0 radical (unpaired) electrons. The van der Waals surface area contributed by atoms with Crippen LogP contribution in [0.3, 0.4) is 0 Å². The summed E-state index contributed by atoms with van der Waals surface area (Å²) in [6.45, 7) is 0. The largest absolute Gasteiger partial charge is 0.307 e. The first-order chi connectivity index (χ1) is 4.91. The van der Waals surface area contributed by atoms with E-state index >= 15 is 0 Å². The van der Waals surface area contributed by atoms with Gasteiger partial charge in [0.1, 0.15) is 33.2 Å². The molecule has 0 amide bonds. The third-order valence-electron chi connectivity index (χ3n) is 0.275. The van der Waals surface area contributed by atoms with Gasteiger partial charge in [-0.2, -0.15) is 0 Å². The molecule has 0 aromatic heterocycles. The van der Waals surface area contributed by atoms with Crippen molar-refractivity contribution in [3.63, 3.8) is 0 Å². The number of rotatable bonds is 7. The van der Waals surface area contributed by atoms with Gasteiger partial charge in [-0.05, 0) is 0 Å². The molecule has 0 fully saturated rings. The highest BCUT2D eigenvalue weighted by molar-refractivity contribution is 8.80. The van der Waals surface area contributed by atoms with Gasteiger partial charge in [-0.25, -0.2) is 7.26 Å². The van der Waals surface area contributed by atoms with Crippen LogP contribution in [0.5, 0.6) is 0 Å². The van der Waals surface area contributed by atoms with Crippen molar-refractivity contribution in [2.24, 2.45) is 0 Å². The van der Waals surface area contributed by atoms with Crippen LogP contribution >= 0.6 is 56.3 Å². The number of hydrogen-bond donors (Lipinski definition) is 0. The van der Waals surface area contributed by atoms with Crippen molar-refractivity contribution in [1.29, 1.82) is 0 Å². The second-order valence-electron chi connectivity index (χ2n) is 0.742. The fraction of sp³-hybridized carbons (Fsp3) is 1.00. The summed E-state index contributed by atoms with van der Waals surface area (Å²) in [7, 11) is 1.58. The van der Waals surface area contributed by atoms with E-state index in [0.29, 0.717) is 0 Å². The lowest BCUT2D eigenvalue weighted by atomic mass is 11.8. The molecule has 0 aromatic carbocycles.